The van der Waals surface area contributed by atoms with E-state index in [1.54, 1.807) is 0 Å². The van der Waals surface area contributed by atoms with Crippen molar-refractivity contribution in [1.82, 2.24) is 0 Å². The van der Waals surface area contributed by atoms with Crippen molar-refractivity contribution in [3.05, 3.63) is 0 Å². The van der Waals surface area contributed by atoms with Gasteiger partial charge in [-0.2, -0.15) is 0 Å². The molecule has 76 valence electrons. The molecule has 0 aliphatic heterocycles. The average molecular weight is 370 g/mol. The van der Waals surface area contributed by atoms with Crippen LogP contribution in [-0.4, -0.2) is 21.9 Å². The topological polar surface area (TPSA) is 120 Å². The number of hydrogen-bond donors (Lipinski definition) is 0. The SMILES string of the molecule is [Cu+].[Cu+].[Cu+].[Cu+].[OH-].[OH-].[OH-].[OH-].[Ti]. The third-order valence-corrected chi connectivity index (χ3v) is 0. The Morgan fingerprint density at radius 2 is 0.333 bits per heavy atom. The van der Waals surface area contributed by atoms with Gasteiger partial charge in [-0.05, 0) is 0 Å². The largest absolute Gasteiger partial charge is 1.00 e. The predicted molar refractivity (Wildman–Crippen MR) is 7.74 cm³/mol. The molecule has 0 aromatic heterocycles. The zero-order chi connectivity index (χ0) is 0. The second-order valence-corrected chi connectivity index (χ2v) is 0. The number of rotatable bonds is 0. The van der Waals surface area contributed by atoms with Crippen LogP contribution < -0.4 is 0 Å². The smallest absolute Gasteiger partial charge is 0.870 e. The maximum absolute atomic E-state index is 0. The van der Waals surface area contributed by atoms with Crippen LogP contribution in [-0.2, 0) is 90.0 Å². The van der Waals surface area contributed by atoms with Crippen LogP contribution in [0.4, 0.5) is 0 Å². The van der Waals surface area contributed by atoms with Crippen molar-refractivity contribution in [3.63, 3.8) is 0 Å². The molecule has 0 aromatic carbocycles. The van der Waals surface area contributed by atoms with Gasteiger partial charge >= 0.3 is 68.3 Å². The molecule has 9 heteroatoms. The summed E-state index contributed by atoms with van der Waals surface area (Å²) in [6.07, 6.45) is 0. The van der Waals surface area contributed by atoms with Crippen molar-refractivity contribution < 1.29 is 112 Å². The third kappa shape index (κ3) is 114. The van der Waals surface area contributed by atoms with Crippen molar-refractivity contribution in [2.45, 2.75) is 0 Å². The first-order chi connectivity index (χ1) is 0. The second kappa shape index (κ2) is 142. The summed E-state index contributed by atoms with van der Waals surface area (Å²) in [6.45, 7) is 0. The van der Waals surface area contributed by atoms with Crippen LogP contribution in [0.5, 0.6) is 0 Å². The summed E-state index contributed by atoms with van der Waals surface area (Å²) < 4.78 is 0. The second-order valence-electron chi connectivity index (χ2n) is 0. The standard InChI is InChI=1S/4Cu.4H2O.Ti/h;;;;4*1H2;/q4*+1;;;;;/p-4. The third-order valence-electron chi connectivity index (χ3n) is 0. The van der Waals surface area contributed by atoms with E-state index in [2.05, 4.69) is 0 Å². The van der Waals surface area contributed by atoms with E-state index in [0.717, 1.165) is 0 Å². The minimum atomic E-state index is 0. The predicted octanol–water partition coefficient (Wildman–Crippen LogP) is -0.720. The molecule has 9 heavy (non-hydrogen) atoms. The van der Waals surface area contributed by atoms with Crippen LogP contribution in [0.1, 0.15) is 0 Å². The molecule has 0 aromatic rings. The Balaban J connectivity index is 0. The molecule has 0 spiro atoms. The molecule has 0 aliphatic carbocycles. The molecule has 0 fully saturated rings. The quantitative estimate of drug-likeness (QED) is 0.523. The van der Waals surface area contributed by atoms with Crippen LogP contribution in [0, 0.1) is 0 Å². The van der Waals surface area contributed by atoms with Gasteiger partial charge in [0, 0.05) is 21.7 Å². The van der Waals surface area contributed by atoms with E-state index in [1.165, 1.54) is 0 Å². The molecule has 0 unspecified atom stereocenters. The molecule has 0 bridgehead atoms. The van der Waals surface area contributed by atoms with E-state index in [0.29, 0.717) is 0 Å². The summed E-state index contributed by atoms with van der Waals surface area (Å²) in [4.78, 5) is 0. The Morgan fingerprint density at radius 3 is 0.333 bits per heavy atom. The maximum atomic E-state index is 0. The Hall–Kier alpha value is 2.63. The van der Waals surface area contributed by atoms with Crippen molar-refractivity contribution in [1.29, 1.82) is 0 Å². The van der Waals surface area contributed by atoms with Gasteiger partial charge in [0.2, 0.25) is 0 Å². The van der Waals surface area contributed by atoms with Crippen LogP contribution in [0.25, 0.3) is 0 Å². The molecule has 0 heterocycles. The van der Waals surface area contributed by atoms with Crippen molar-refractivity contribution >= 4 is 0 Å². The number of hydrogen-bond acceptors (Lipinski definition) is 4. The van der Waals surface area contributed by atoms with E-state index < -0.39 is 0 Å². The zero-order valence-electron chi connectivity index (χ0n) is 3.49. The van der Waals surface area contributed by atoms with E-state index >= 15 is 0 Å². The summed E-state index contributed by atoms with van der Waals surface area (Å²) >= 11 is 0. The first kappa shape index (κ1) is 190. The molecule has 0 saturated heterocycles. The van der Waals surface area contributed by atoms with Gasteiger partial charge in [0.05, 0.1) is 0 Å². The Labute approximate surface area is 111 Å². The fourth-order valence-electron chi connectivity index (χ4n) is 0. The van der Waals surface area contributed by atoms with Crippen molar-refractivity contribution in [3.8, 4) is 0 Å². The van der Waals surface area contributed by atoms with Crippen LogP contribution in [0.2, 0.25) is 0 Å². The maximum Gasteiger partial charge on any atom is 1.00 e. The summed E-state index contributed by atoms with van der Waals surface area (Å²) in [5.74, 6) is 0. The minimum absolute atomic E-state index is 0. The fraction of sp³-hybridized carbons (Fsp3) is 0. The van der Waals surface area contributed by atoms with Crippen molar-refractivity contribution in [2.24, 2.45) is 0 Å². The van der Waals surface area contributed by atoms with Gasteiger partial charge in [-0.25, -0.2) is 0 Å². The average Bonchev–Trinajstić information content (AvgIpc) is 0. The summed E-state index contributed by atoms with van der Waals surface area (Å²) in [7, 11) is 0. The van der Waals surface area contributed by atoms with Gasteiger partial charge in [0.15, 0.2) is 0 Å². The minimum Gasteiger partial charge on any atom is -0.870 e. The molecular weight excluding hydrogens is 366 g/mol. The zero-order valence-corrected chi connectivity index (χ0v) is 8.82. The van der Waals surface area contributed by atoms with E-state index in [-0.39, 0.29) is 112 Å². The molecule has 0 atom stereocenters. The van der Waals surface area contributed by atoms with Crippen LogP contribution in [0.15, 0.2) is 0 Å². The first-order valence-corrected chi connectivity index (χ1v) is 0. The fourth-order valence-corrected chi connectivity index (χ4v) is 0. The van der Waals surface area contributed by atoms with Gasteiger partial charge in [-0.15, -0.1) is 0 Å². The Morgan fingerprint density at radius 1 is 0.333 bits per heavy atom. The molecule has 0 rings (SSSR count). The van der Waals surface area contributed by atoms with Gasteiger partial charge in [-0.1, -0.05) is 0 Å². The molecule has 0 amide bonds. The Kier molecular flexibility index (Phi) is 3000. The van der Waals surface area contributed by atoms with Gasteiger partial charge in [0.25, 0.3) is 0 Å². The summed E-state index contributed by atoms with van der Waals surface area (Å²) in [6, 6.07) is 0. The first-order valence-electron chi connectivity index (χ1n) is 0. The van der Waals surface area contributed by atoms with Crippen molar-refractivity contribution in [2.75, 3.05) is 0 Å². The normalized spacial score (nSPS) is 0. The Bertz CT molecular complexity index is 12.5. The van der Waals surface area contributed by atoms with Gasteiger partial charge in [0.1, 0.15) is 0 Å². The molecule has 0 saturated carbocycles. The van der Waals surface area contributed by atoms with Crippen LogP contribution >= 0.6 is 0 Å². The van der Waals surface area contributed by atoms with Crippen LogP contribution in [0.3, 0.4) is 0 Å². The molecular formula is H4Cu4O4Ti. The monoisotopic (exact) mass is 368 g/mol. The van der Waals surface area contributed by atoms with E-state index in [1.807, 2.05) is 0 Å². The van der Waals surface area contributed by atoms with E-state index in [9.17, 15) is 0 Å². The summed E-state index contributed by atoms with van der Waals surface area (Å²) in [5, 5.41) is 0. The van der Waals surface area contributed by atoms with Gasteiger partial charge < -0.3 is 21.9 Å². The summed E-state index contributed by atoms with van der Waals surface area (Å²) in [5.41, 5.74) is 0. The molecule has 0 radical (unpaired) electrons. The molecule has 0 aliphatic rings. The molecule has 4 N–H and O–H groups in total. The van der Waals surface area contributed by atoms with E-state index in [4.69, 9.17) is 0 Å². The van der Waals surface area contributed by atoms with Gasteiger partial charge in [-0.3, -0.25) is 0 Å². The molecule has 4 nitrogen and oxygen atoms in total.